The number of piperazine rings is 1. The van der Waals surface area contributed by atoms with Gasteiger partial charge in [0.05, 0.1) is 35.3 Å². The molecule has 0 bridgehead atoms. The van der Waals surface area contributed by atoms with Crippen molar-refractivity contribution in [1.29, 1.82) is 0 Å². The van der Waals surface area contributed by atoms with Crippen molar-refractivity contribution in [3.8, 4) is 5.75 Å². The maximum atomic E-state index is 14.1. The maximum Gasteiger partial charge on any atom is 0.338 e. The van der Waals surface area contributed by atoms with E-state index in [2.05, 4.69) is 25.2 Å². The van der Waals surface area contributed by atoms with Crippen LogP contribution >= 0.6 is 22.9 Å². The van der Waals surface area contributed by atoms with Crippen molar-refractivity contribution in [2.45, 2.75) is 18.7 Å². The monoisotopic (exact) mass is 770 g/mol. The molecule has 5 heterocycles. The molecule has 2 saturated heterocycles. The van der Waals surface area contributed by atoms with Gasteiger partial charge in [0.1, 0.15) is 30.0 Å². The van der Waals surface area contributed by atoms with Crippen LogP contribution in [0.25, 0.3) is 11.0 Å². The Hall–Kier alpha value is -5.84. The Bertz CT molecular complexity index is 2330. The molecule has 2 fully saturated rings. The normalized spacial score (nSPS) is 18.8. The molecular formula is C37H32ClFN8O6S. The minimum atomic E-state index is -1.01. The number of urea groups is 1. The third-order valence-corrected chi connectivity index (χ3v) is 10.7. The van der Waals surface area contributed by atoms with Crippen LogP contribution in [-0.2, 0) is 16.1 Å². The number of anilines is 1. The molecule has 0 radical (unpaired) electrons. The molecule has 17 heteroatoms. The second-order valence-electron chi connectivity index (χ2n) is 12.9. The average Bonchev–Trinajstić information content (AvgIpc) is 3.93. The summed E-state index contributed by atoms with van der Waals surface area (Å²) in [6.07, 6.45) is 1.66. The second kappa shape index (κ2) is 14.5. The number of nitrogens with one attached hydrogen (secondary N) is 2. The number of carbonyl (C=O) groups excluding carboxylic acids is 2. The largest absolute Gasteiger partial charge is 0.486 e. The molecule has 2 amide bonds. The van der Waals surface area contributed by atoms with E-state index in [1.54, 1.807) is 23.2 Å². The van der Waals surface area contributed by atoms with Gasteiger partial charge in [-0.3, -0.25) is 14.8 Å². The first-order valence-electron chi connectivity index (χ1n) is 16.9. The summed E-state index contributed by atoms with van der Waals surface area (Å²) in [7, 11) is 1.30. The van der Waals surface area contributed by atoms with Crippen molar-refractivity contribution < 1.29 is 33.4 Å². The average molecular weight is 771 g/mol. The molecule has 14 nitrogen and oxygen atoms in total. The predicted octanol–water partition coefficient (Wildman–Crippen LogP) is 5.23. The van der Waals surface area contributed by atoms with Gasteiger partial charge < -0.3 is 29.8 Å². The summed E-state index contributed by atoms with van der Waals surface area (Å²) >= 11 is 7.90. The molecule has 3 aromatic carbocycles. The number of carbonyl (C=O) groups is 3. The number of amidine groups is 1. The summed E-state index contributed by atoms with van der Waals surface area (Å²) in [5, 5.41) is 15.0. The first-order chi connectivity index (χ1) is 26.1. The molecule has 2 atom stereocenters. The fraction of sp³-hybridized carbons (Fsp3) is 0.243. The van der Waals surface area contributed by atoms with Crippen LogP contribution in [0.3, 0.4) is 0 Å². The van der Waals surface area contributed by atoms with Gasteiger partial charge in [-0.1, -0.05) is 17.7 Å². The maximum absolute atomic E-state index is 14.1. The van der Waals surface area contributed by atoms with E-state index >= 15 is 0 Å². The van der Waals surface area contributed by atoms with Gasteiger partial charge in [0.25, 0.3) is 0 Å². The number of methoxy groups -OCH3 is 1. The molecule has 0 spiro atoms. The van der Waals surface area contributed by atoms with Crippen molar-refractivity contribution in [2.24, 2.45) is 4.99 Å². The second-order valence-corrected chi connectivity index (χ2v) is 14.2. The van der Waals surface area contributed by atoms with E-state index in [0.29, 0.717) is 77.6 Å². The van der Waals surface area contributed by atoms with E-state index in [9.17, 15) is 18.8 Å². The third-order valence-electron chi connectivity index (χ3n) is 9.55. The lowest BCUT2D eigenvalue weighted by Gasteiger charge is -2.38. The Morgan fingerprint density at radius 2 is 1.93 bits per heavy atom. The first-order valence-corrected chi connectivity index (χ1v) is 18.2. The number of aromatic nitrogens is 3. The number of imidazole rings is 1. The Kier molecular flexibility index (Phi) is 9.47. The minimum Gasteiger partial charge on any atom is -0.486 e. The van der Waals surface area contributed by atoms with Crippen LogP contribution in [0.1, 0.15) is 32.8 Å². The smallest absolute Gasteiger partial charge is 0.338 e. The van der Waals surface area contributed by atoms with Crippen molar-refractivity contribution in [2.75, 3.05) is 44.7 Å². The molecule has 0 unspecified atom stereocenters. The molecule has 0 aliphatic carbocycles. The summed E-state index contributed by atoms with van der Waals surface area (Å²) in [5.41, 5.74) is 3.60. The summed E-state index contributed by atoms with van der Waals surface area (Å²) in [5.74, 6) is -0.568. The molecule has 54 heavy (non-hydrogen) atoms. The van der Waals surface area contributed by atoms with Gasteiger partial charge in [0, 0.05) is 66.3 Å². The number of aliphatic imine (C=N–C) groups is 1. The van der Waals surface area contributed by atoms with Crippen molar-refractivity contribution in [3.63, 3.8) is 0 Å². The zero-order chi connectivity index (χ0) is 37.5. The zero-order valence-electron chi connectivity index (χ0n) is 28.7. The number of aromatic carboxylic acids is 1. The lowest BCUT2D eigenvalue weighted by molar-refractivity contribution is -0.136. The van der Waals surface area contributed by atoms with Crippen molar-refractivity contribution in [1.82, 2.24) is 30.1 Å². The highest BCUT2D eigenvalue weighted by molar-refractivity contribution is 7.11. The van der Waals surface area contributed by atoms with E-state index < -0.39 is 23.8 Å². The van der Waals surface area contributed by atoms with E-state index in [4.69, 9.17) is 31.2 Å². The fourth-order valence-electron chi connectivity index (χ4n) is 6.95. The highest BCUT2D eigenvalue weighted by Crippen LogP contribution is 2.37. The van der Waals surface area contributed by atoms with Gasteiger partial charge in [-0.05, 0) is 54.6 Å². The number of esters is 1. The topological polar surface area (TPSA) is 166 Å². The number of benzene rings is 3. The van der Waals surface area contributed by atoms with Crippen molar-refractivity contribution in [3.05, 3.63) is 116 Å². The Morgan fingerprint density at radius 3 is 2.67 bits per heavy atom. The number of carboxylic acid groups (broad SMARTS) is 1. The van der Waals surface area contributed by atoms with E-state index in [0.717, 1.165) is 5.52 Å². The van der Waals surface area contributed by atoms with Gasteiger partial charge >= 0.3 is 18.0 Å². The lowest BCUT2D eigenvalue weighted by Crippen LogP contribution is -2.53. The Morgan fingerprint density at radius 1 is 1.09 bits per heavy atom. The Labute approximate surface area is 316 Å². The number of thiazole rings is 1. The SMILES string of the molecule is COC(=O)C1=C(CN2CCN3C(=O)N(c4ccc5[nH]c(COc6ccc(C(=O)O)cc6)nc5c4)C[C@@H]3C2)NC(c2nccs2)=N[C@H]1c1ccc(F)cc1Cl. The van der Waals surface area contributed by atoms with Gasteiger partial charge in [-0.15, -0.1) is 11.3 Å². The molecule has 2 aromatic heterocycles. The van der Waals surface area contributed by atoms with Crippen LogP contribution in [0, 0.1) is 5.82 Å². The lowest BCUT2D eigenvalue weighted by atomic mass is 9.95. The summed E-state index contributed by atoms with van der Waals surface area (Å²) < 4.78 is 25.1. The van der Waals surface area contributed by atoms with E-state index in [1.807, 2.05) is 28.5 Å². The summed E-state index contributed by atoms with van der Waals surface area (Å²) in [6.45, 7) is 2.46. The number of nitrogens with zero attached hydrogens (tertiary/aromatic N) is 6. The number of halogens is 2. The van der Waals surface area contributed by atoms with Gasteiger partial charge in [0.2, 0.25) is 0 Å². The molecule has 0 saturated carbocycles. The van der Waals surface area contributed by atoms with Crippen LogP contribution in [0.15, 0.2) is 88.5 Å². The molecule has 8 rings (SSSR count). The van der Waals surface area contributed by atoms with Gasteiger partial charge in [-0.25, -0.2) is 28.7 Å². The summed E-state index contributed by atoms with van der Waals surface area (Å²) in [6, 6.07) is 14.6. The fourth-order valence-corrected chi connectivity index (χ4v) is 7.81. The van der Waals surface area contributed by atoms with Gasteiger partial charge in [0.15, 0.2) is 10.8 Å². The molecule has 276 valence electrons. The number of carboxylic acids is 1. The van der Waals surface area contributed by atoms with Crippen LogP contribution in [0.2, 0.25) is 5.02 Å². The van der Waals surface area contributed by atoms with Crippen LogP contribution < -0.4 is 15.0 Å². The number of H-pyrrole nitrogens is 1. The van der Waals surface area contributed by atoms with Gasteiger partial charge in [-0.2, -0.15) is 0 Å². The minimum absolute atomic E-state index is 0.0997. The molecular weight excluding hydrogens is 739 g/mol. The number of amides is 2. The molecule has 3 aliphatic heterocycles. The highest BCUT2D eigenvalue weighted by Gasteiger charge is 2.42. The first kappa shape index (κ1) is 35.2. The number of rotatable bonds is 10. The summed E-state index contributed by atoms with van der Waals surface area (Å²) in [4.78, 5) is 61.2. The van der Waals surface area contributed by atoms with Crippen LogP contribution in [-0.4, -0.2) is 99.5 Å². The number of hydrogen-bond acceptors (Lipinski definition) is 11. The highest BCUT2D eigenvalue weighted by atomic mass is 35.5. The third kappa shape index (κ3) is 6.86. The number of hydrogen-bond donors (Lipinski definition) is 3. The number of ether oxygens (including phenoxy) is 2. The molecule has 3 aliphatic rings. The van der Waals surface area contributed by atoms with E-state index in [-0.39, 0.29) is 34.8 Å². The number of fused-ring (bicyclic) bond motifs is 2. The van der Waals surface area contributed by atoms with E-state index in [1.165, 1.54) is 48.8 Å². The standard InChI is InChI=1S/C37H32ClFN8O6S/c1-52-36(50)31-29(43-33(34-40-10-13-54-34)44-32(31)25-8-4-21(39)14-26(25)38)18-45-11-12-46-23(16-45)17-47(37(46)51)22-5-9-27-28(15-22)42-30(41-27)19-53-24-6-2-20(3-7-24)35(48)49/h2-10,13-15,23,32H,11-12,16-19H2,1H3,(H,41,42)(H,43,44)(H,48,49)/t23-,32-/m0/s1. The van der Waals surface area contributed by atoms with Crippen LogP contribution in [0.4, 0.5) is 14.9 Å². The predicted molar refractivity (Wildman–Crippen MR) is 198 cm³/mol. The van der Waals surface area contributed by atoms with Crippen LogP contribution in [0.5, 0.6) is 5.75 Å². The quantitative estimate of drug-likeness (QED) is 0.160. The Balaban J connectivity index is 0.992. The molecule has 5 aromatic rings. The number of aromatic amines is 1. The molecule has 3 N–H and O–H groups in total. The zero-order valence-corrected chi connectivity index (χ0v) is 30.2. The van der Waals surface area contributed by atoms with Crippen molar-refractivity contribution >= 4 is 63.5 Å².